The van der Waals surface area contributed by atoms with Crippen molar-refractivity contribution in [2.45, 2.75) is 6.92 Å². The zero-order valence-electron chi connectivity index (χ0n) is 10.1. The Labute approximate surface area is 113 Å². The van der Waals surface area contributed by atoms with E-state index in [1.54, 1.807) is 18.5 Å². The first-order valence-corrected chi connectivity index (χ1v) is 6.54. The maximum absolute atomic E-state index is 11.4. The molecule has 3 rings (SSSR count). The van der Waals surface area contributed by atoms with Crippen LogP contribution in [0.3, 0.4) is 0 Å². The Morgan fingerprint density at radius 3 is 3.11 bits per heavy atom. The third kappa shape index (κ3) is 2.43. The molecule has 2 heterocycles. The third-order valence-corrected chi connectivity index (χ3v) is 3.49. The zero-order valence-corrected chi connectivity index (χ0v) is 10.9. The summed E-state index contributed by atoms with van der Waals surface area (Å²) < 4.78 is 0. The fraction of sp³-hybridized carbons (Fsp3) is 0.0769. The lowest BCUT2D eigenvalue weighted by Gasteiger charge is -1.98. The van der Waals surface area contributed by atoms with Crippen LogP contribution in [0, 0.1) is 6.92 Å². The van der Waals surface area contributed by atoms with Gasteiger partial charge in [-0.05, 0) is 18.6 Å². The van der Waals surface area contributed by atoms with Crippen LogP contribution in [0.2, 0.25) is 0 Å². The summed E-state index contributed by atoms with van der Waals surface area (Å²) in [5, 5.41) is 6.79. The van der Waals surface area contributed by atoms with Crippen molar-refractivity contribution in [2.24, 2.45) is 10.1 Å². The van der Waals surface area contributed by atoms with Crippen LogP contribution in [0.5, 0.6) is 0 Å². The van der Waals surface area contributed by atoms with Gasteiger partial charge < -0.3 is 0 Å². The summed E-state index contributed by atoms with van der Waals surface area (Å²) in [6.07, 6.45) is 3.23. The van der Waals surface area contributed by atoms with Crippen molar-refractivity contribution in [2.75, 3.05) is 5.43 Å². The second-order valence-corrected chi connectivity index (χ2v) is 4.93. The van der Waals surface area contributed by atoms with Crippen LogP contribution in [0.1, 0.15) is 27.2 Å². The summed E-state index contributed by atoms with van der Waals surface area (Å²) in [6.45, 7) is 1.93. The van der Waals surface area contributed by atoms with Crippen LogP contribution in [-0.4, -0.2) is 23.3 Å². The fourth-order valence-corrected chi connectivity index (χ4v) is 2.35. The molecule has 0 radical (unpaired) electrons. The number of nitrogens with one attached hydrogen (secondary N) is 1. The predicted molar refractivity (Wildman–Crippen MR) is 76.4 cm³/mol. The van der Waals surface area contributed by atoms with Gasteiger partial charge in [0, 0.05) is 17.2 Å². The molecule has 6 heteroatoms. The molecular weight excluding hydrogens is 260 g/mol. The lowest BCUT2D eigenvalue weighted by molar-refractivity contribution is 0.101. The van der Waals surface area contributed by atoms with Crippen LogP contribution in [0.15, 0.2) is 33.7 Å². The molecule has 2 aromatic rings. The average molecular weight is 270 g/mol. The monoisotopic (exact) mass is 270 g/mol. The largest absolute Gasteiger partial charge is 0.277 e. The number of hydrogen-bond donors (Lipinski definition) is 1. The van der Waals surface area contributed by atoms with E-state index >= 15 is 0 Å². The molecule has 94 valence electrons. The van der Waals surface area contributed by atoms with Gasteiger partial charge in [-0.25, -0.2) is 9.98 Å². The molecule has 0 spiro atoms. The minimum Gasteiger partial charge on any atom is -0.267 e. The molecular formula is C13H10N4OS. The molecule has 1 aromatic heterocycles. The second-order valence-electron chi connectivity index (χ2n) is 4.07. The van der Waals surface area contributed by atoms with Gasteiger partial charge in [0.05, 0.1) is 17.5 Å². The second kappa shape index (κ2) is 4.74. The SMILES string of the molecule is Cc1csc(NN=Cc2ccc3c(c2)C(=O)N=C3)n1. The standard InChI is InChI=1S/C13H10N4OS/c1-8-7-19-13(16-8)17-15-5-9-2-3-10-6-14-12(18)11(10)4-9/h2-7H,1H3,(H,16,17). The van der Waals surface area contributed by atoms with Crippen LogP contribution in [-0.2, 0) is 0 Å². The van der Waals surface area contributed by atoms with Gasteiger partial charge in [0.1, 0.15) is 0 Å². The number of aryl methyl sites for hydroxylation is 1. The summed E-state index contributed by atoms with van der Waals surface area (Å²) in [4.78, 5) is 19.4. The number of carbonyl (C=O) groups is 1. The number of fused-ring (bicyclic) bond motifs is 1. The molecule has 1 aliphatic rings. The number of rotatable bonds is 3. The van der Waals surface area contributed by atoms with E-state index in [1.165, 1.54) is 11.3 Å². The van der Waals surface area contributed by atoms with Gasteiger partial charge in [-0.3, -0.25) is 10.2 Å². The van der Waals surface area contributed by atoms with E-state index in [4.69, 9.17) is 0 Å². The summed E-state index contributed by atoms with van der Waals surface area (Å²) >= 11 is 1.50. The lowest BCUT2D eigenvalue weighted by atomic mass is 10.1. The van der Waals surface area contributed by atoms with E-state index in [0.717, 1.165) is 22.0 Å². The Kier molecular flexibility index (Phi) is 2.92. The number of nitrogens with zero attached hydrogens (tertiary/aromatic N) is 3. The van der Waals surface area contributed by atoms with Crippen LogP contribution < -0.4 is 5.43 Å². The van der Waals surface area contributed by atoms with Gasteiger partial charge in [-0.1, -0.05) is 12.1 Å². The molecule has 19 heavy (non-hydrogen) atoms. The van der Waals surface area contributed by atoms with Crippen molar-refractivity contribution in [1.29, 1.82) is 0 Å². The smallest absolute Gasteiger partial charge is 0.267 e. The molecule has 5 nitrogen and oxygen atoms in total. The van der Waals surface area contributed by atoms with E-state index in [9.17, 15) is 4.79 Å². The molecule has 0 unspecified atom stereocenters. The summed E-state index contributed by atoms with van der Waals surface area (Å²) in [6, 6.07) is 5.53. The van der Waals surface area contributed by atoms with Gasteiger partial charge in [-0.15, -0.1) is 11.3 Å². The maximum atomic E-state index is 11.4. The van der Waals surface area contributed by atoms with Gasteiger partial charge in [-0.2, -0.15) is 5.10 Å². The number of anilines is 1. The number of aromatic nitrogens is 1. The Morgan fingerprint density at radius 2 is 2.32 bits per heavy atom. The highest BCUT2D eigenvalue weighted by Crippen LogP contribution is 2.16. The van der Waals surface area contributed by atoms with Crippen molar-refractivity contribution in [1.82, 2.24) is 4.98 Å². The highest BCUT2D eigenvalue weighted by molar-refractivity contribution is 7.13. The van der Waals surface area contributed by atoms with Crippen LogP contribution >= 0.6 is 11.3 Å². The molecule has 0 fully saturated rings. The number of benzene rings is 1. The minimum absolute atomic E-state index is 0.200. The molecule has 1 aromatic carbocycles. The van der Waals surface area contributed by atoms with Crippen molar-refractivity contribution < 1.29 is 4.79 Å². The van der Waals surface area contributed by atoms with Crippen molar-refractivity contribution in [3.05, 3.63) is 46.0 Å². The molecule has 1 aliphatic heterocycles. The van der Waals surface area contributed by atoms with Crippen LogP contribution in [0.25, 0.3) is 0 Å². The van der Waals surface area contributed by atoms with Gasteiger partial charge in [0.25, 0.3) is 5.91 Å². The van der Waals surface area contributed by atoms with Gasteiger partial charge >= 0.3 is 0 Å². The van der Waals surface area contributed by atoms with Crippen LogP contribution in [0.4, 0.5) is 5.13 Å². The maximum Gasteiger partial charge on any atom is 0.277 e. The Hall–Kier alpha value is -2.34. The number of hydrogen-bond acceptors (Lipinski definition) is 5. The van der Waals surface area contributed by atoms with E-state index in [-0.39, 0.29) is 5.91 Å². The van der Waals surface area contributed by atoms with Crippen molar-refractivity contribution in [3.8, 4) is 0 Å². The van der Waals surface area contributed by atoms with Crippen molar-refractivity contribution in [3.63, 3.8) is 0 Å². The summed E-state index contributed by atoms with van der Waals surface area (Å²) in [5.74, 6) is -0.200. The minimum atomic E-state index is -0.200. The number of aliphatic imine (C=N–C) groups is 1. The van der Waals surface area contributed by atoms with Gasteiger partial charge in [0.2, 0.25) is 5.13 Å². The van der Waals surface area contributed by atoms with Crippen molar-refractivity contribution >= 4 is 34.8 Å². The molecule has 0 bridgehead atoms. The molecule has 1 N–H and O–H groups in total. The Morgan fingerprint density at radius 1 is 1.42 bits per heavy atom. The van der Waals surface area contributed by atoms with E-state index in [1.807, 2.05) is 24.4 Å². The van der Waals surface area contributed by atoms with E-state index < -0.39 is 0 Å². The average Bonchev–Trinajstić information content (AvgIpc) is 2.97. The molecule has 1 amide bonds. The molecule has 0 atom stereocenters. The number of hydrazone groups is 1. The summed E-state index contributed by atoms with van der Waals surface area (Å²) in [5.41, 5.74) is 6.13. The highest BCUT2D eigenvalue weighted by Gasteiger charge is 2.14. The molecule has 0 saturated carbocycles. The first-order chi connectivity index (χ1) is 9.22. The first-order valence-electron chi connectivity index (χ1n) is 5.66. The third-order valence-electron chi connectivity index (χ3n) is 2.62. The Balaban J connectivity index is 1.74. The Bertz CT molecular complexity index is 702. The number of carbonyl (C=O) groups excluding carboxylic acids is 1. The van der Waals surface area contributed by atoms with Gasteiger partial charge in [0.15, 0.2) is 0 Å². The number of thiazole rings is 1. The predicted octanol–water partition coefficient (Wildman–Crippen LogP) is 2.47. The van der Waals surface area contributed by atoms with E-state index in [0.29, 0.717) is 5.56 Å². The normalized spacial score (nSPS) is 13.2. The molecule has 0 aliphatic carbocycles. The quantitative estimate of drug-likeness (QED) is 0.688. The summed E-state index contributed by atoms with van der Waals surface area (Å²) in [7, 11) is 0. The highest BCUT2D eigenvalue weighted by atomic mass is 32.1. The first kappa shape index (κ1) is 11.7. The zero-order chi connectivity index (χ0) is 13.2. The topological polar surface area (TPSA) is 66.7 Å². The van der Waals surface area contributed by atoms with E-state index in [2.05, 4.69) is 20.5 Å². The lowest BCUT2D eigenvalue weighted by Crippen LogP contribution is -1.95. The fourth-order valence-electron chi connectivity index (χ4n) is 1.72. The molecule has 0 saturated heterocycles. The number of amides is 1.